The van der Waals surface area contributed by atoms with Crippen molar-refractivity contribution in [3.8, 4) is 0 Å². The number of nitrogens with zero attached hydrogens (tertiary/aromatic N) is 2. The lowest BCUT2D eigenvalue weighted by atomic mass is 10.2. The molecule has 0 saturated carbocycles. The first-order chi connectivity index (χ1) is 13.3. The second-order valence-corrected chi connectivity index (χ2v) is 7.73. The molecule has 1 heterocycles. The number of amides is 1. The van der Waals surface area contributed by atoms with Gasteiger partial charge in [0.25, 0.3) is 5.91 Å². The van der Waals surface area contributed by atoms with Crippen molar-refractivity contribution in [3.63, 3.8) is 0 Å². The van der Waals surface area contributed by atoms with Gasteiger partial charge in [0, 0.05) is 43.5 Å². The summed E-state index contributed by atoms with van der Waals surface area (Å²) in [5, 5.41) is 0.379. The Hall–Kier alpha value is -2.93. The molecule has 146 valence electrons. The molecule has 0 N–H and O–H groups in total. The first-order valence-corrected chi connectivity index (χ1v) is 9.52. The highest BCUT2D eigenvalue weighted by Crippen LogP contribution is 2.28. The molecule has 1 aromatic heterocycles. The predicted molar refractivity (Wildman–Crippen MR) is 109 cm³/mol. The second kappa shape index (κ2) is 8.39. The van der Waals surface area contributed by atoms with Gasteiger partial charge in [-0.05, 0) is 35.9 Å². The highest BCUT2D eigenvalue weighted by atomic mass is 32.1. The maximum Gasteiger partial charge on any atom is 0.348 e. The van der Waals surface area contributed by atoms with Gasteiger partial charge >= 0.3 is 5.97 Å². The number of hydrogen-bond donors (Lipinski definition) is 0. The van der Waals surface area contributed by atoms with E-state index in [-0.39, 0.29) is 23.2 Å². The van der Waals surface area contributed by atoms with E-state index < -0.39 is 5.97 Å². The molecular weight excluding hydrogens is 379 g/mol. The van der Waals surface area contributed by atoms with Crippen molar-refractivity contribution in [2.75, 3.05) is 32.6 Å². The Morgan fingerprint density at radius 2 is 1.79 bits per heavy atom. The van der Waals surface area contributed by atoms with E-state index in [0.717, 1.165) is 22.6 Å². The van der Waals surface area contributed by atoms with Crippen LogP contribution in [0.4, 0.5) is 10.1 Å². The molecule has 0 aliphatic heterocycles. The number of fused-ring (bicyclic) bond motifs is 1. The third-order valence-corrected chi connectivity index (χ3v) is 5.41. The Balaban J connectivity index is 1.56. The zero-order valence-corrected chi connectivity index (χ0v) is 16.8. The van der Waals surface area contributed by atoms with E-state index in [0.29, 0.717) is 16.6 Å². The minimum Gasteiger partial charge on any atom is -0.451 e. The van der Waals surface area contributed by atoms with Gasteiger partial charge in [-0.15, -0.1) is 11.3 Å². The minimum absolute atomic E-state index is 0.273. The molecular formula is C21H21FN2O3S. The topological polar surface area (TPSA) is 49.9 Å². The van der Waals surface area contributed by atoms with E-state index in [1.807, 2.05) is 43.3 Å². The van der Waals surface area contributed by atoms with Crippen molar-refractivity contribution in [3.05, 3.63) is 64.8 Å². The number of rotatable bonds is 6. The van der Waals surface area contributed by atoms with E-state index in [2.05, 4.69) is 0 Å². The van der Waals surface area contributed by atoms with Gasteiger partial charge in [-0.25, -0.2) is 9.18 Å². The molecule has 0 radical (unpaired) electrons. The summed E-state index contributed by atoms with van der Waals surface area (Å²) in [4.78, 5) is 28.2. The van der Waals surface area contributed by atoms with Crippen LogP contribution >= 0.6 is 11.3 Å². The van der Waals surface area contributed by atoms with Crippen LogP contribution in [0.3, 0.4) is 0 Å². The van der Waals surface area contributed by atoms with E-state index in [1.165, 1.54) is 17.0 Å². The van der Waals surface area contributed by atoms with Crippen molar-refractivity contribution in [1.29, 1.82) is 0 Å². The molecule has 0 aliphatic rings. The third-order valence-electron chi connectivity index (χ3n) is 4.33. The summed E-state index contributed by atoms with van der Waals surface area (Å²) in [7, 11) is 5.58. The quantitative estimate of drug-likeness (QED) is 0.589. The zero-order chi connectivity index (χ0) is 20.3. The molecule has 0 aliphatic carbocycles. The van der Waals surface area contributed by atoms with Gasteiger partial charge in [0.15, 0.2) is 6.61 Å². The van der Waals surface area contributed by atoms with Crippen molar-refractivity contribution in [2.24, 2.45) is 0 Å². The van der Waals surface area contributed by atoms with Crippen LogP contribution in [0.5, 0.6) is 0 Å². The molecule has 2 aromatic carbocycles. The highest BCUT2D eigenvalue weighted by molar-refractivity contribution is 7.20. The Morgan fingerprint density at radius 1 is 1.07 bits per heavy atom. The van der Waals surface area contributed by atoms with E-state index in [9.17, 15) is 14.0 Å². The van der Waals surface area contributed by atoms with Crippen LogP contribution in [-0.4, -0.2) is 44.5 Å². The standard InChI is InChI=1S/C21H21FN2O3S/c1-23(2)15-9-7-14(8-10-15)12-24(3)20(25)13-27-21(26)19-11-16-17(22)5-4-6-18(16)28-19/h4-11H,12-13H2,1-3H3. The second-order valence-electron chi connectivity index (χ2n) is 6.65. The SMILES string of the molecule is CN(Cc1ccc(N(C)C)cc1)C(=O)COC(=O)c1cc2c(F)cccc2s1. The van der Waals surface area contributed by atoms with Crippen LogP contribution in [0.15, 0.2) is 48.5 Å². The Kier molecular flexibility index (Phi) is 5.94. The number of anilines is 1. The van der Waals surface area contributed by atoms with Gasteiger partial charge in [0.05, 0.1) is 0 Å². The maximum atomic E-state index is 13.8. The molecule has 5 nitrogen and oxygen atoms in total. The fourth-order valence-corrected chi connectivity index (χ4v) is 3.67. The Labute approximate surface area is 166 Å². The van der Waals surface area contributed by atoms with E-state index in [1.54, 1.807) is 19.2 Å². The fourth-order valence-electron chi connectivity index (χ4n) is 2.70. The van der Waals surface area contributed by atoms with Gasteiger partial charge in [-0.1, -0.05) is 18.2 Å². The summed E-state index contributed by atoms with van der Waals surface area (Å²) in [5.41, 5.74) is 2.05. The molecule has 7 heteroatoms. The van der Waals surface area contributed by atoms with Crippen molar-refractivity contribution in [2.45, 2.75) is 6.54 Å². The van der Waals surface area contributed by atoms with Gasteiger partial charge in [-0.3, -0.25) is 4.79 Å². The molecule has 3 aromatic rings. The smallest absolute Gasteiger partial charge is 0.348 e. The zero-order valence-electron chi connectivity index (χ0n) is 15.9. The molecule has 0 saturated heterocycles. The van der Waals surface area contributed by atoms with E-state index >= 15 is 0 Å². The van der Waals surface area contributed by atoms with Crippen LogP contribution < -0.4 is 4.90 Å². The van der Waals surface area contributed by atoms with E-state index in [4.69, 9.17) is 4.74 Å². The summed E-state index contributed by atoms with van der Waals surface area (Å²) < 4.78 is 19.5. The average Bonchev–Trinajstić information content (AvgIpc) is 3.12. The molecule has 1 amide bonds. The number of carbonyl (C=O) groups is 2. The Bertz CT molecular complexity index is 999. The number of ether oxygens (including phenoxy) is 1. The number of likely N-dealkylation sites (N-methyl/N-ethyl adjacent to an activating group) is 1. The van der Waals surface area contributed by atoms with Crippen molar-refractivity contribution in [1.82, 2.24) is 4.90 Å². The molecule has 28 heavy (non-hydrogen) atoms. The first-order valence-electron chi connectivity index (χ1n) is 8.70. The average molecular weight is 400 g/mol. The maximum absolute atomic E-state index is 13.8. The number of thiophene rings is 1. The molecule has 0 spiro atoms. The number of hydrogen-bond acceptors (Lipinski definition) is 5. The molecule has 0 unspecified atom stereocenters. The lowest BCUT2D eigenvalue weighted by Crippen LogP contribution is -2.30. The fraction of sp³-hybridized carbons (Fsp3) is 0.238. The normalized spacial score (nSPS) is 10.7. The number of benzene rings is 2. The van der Waals surface area contributed by atoms with Gasteiger partial charge < -0.3 is 14.5 Å². The number of esters is 1. The molecule has 0 fully saturated rings. The summed E-state index contributed by atoms with van der Waals surface area (Å²) in [6, 6.07) is 14.0. The summed E-state index contributed by atoms with van der Waals surface area (Å²) in [6.45, 7) is 0.0556. The van der Waals surface area contributed by atoms with Crippen molar-refractivity contribution < 1.29 is 18.7 Å². The number of carbonyl (C=O) groups excluding carboxylic acids is 2. The highest BCUT2D eigenvalue weighted by Gasteiger charge is 2.17. The van der Waals surface area contributed by atoms with Gasteiger partial charge in [0.1, 0.15) is 10.7 Å². The molecule has 0 atom stereocenters. The van der Waals surface area contributed by atoms with Gasteiger partial charge in [0.2, 0.25) is 0 Å². The lowest BCUT2D eigenvalue weighted by molar-refractivity contribution is -0.133. The summed E-state index contributed by atoms with van der Waals surface area (Å²) in [6.07, 6.45) is 0. The molecule has 3 rings (SSSR count). The Morgan fingerprint density at radius 3 is 2.43 bits per heavy atom. The van der Waals surface area contributed by atoms with Crippen LogP contribution in [0.2, 0.25) is 0 Å². The molecule has 0 bridgehead atoms. The summed E-state index contributed by atoms with van der Waals surface area (Å²) >= 11 is 1.14. The largest absolute Gasteiger partial charge is 0.451 e. The van der Waals surface area contributed by atoms with Crippen LogP contribution in [0.1, 0.15) is 15.2 Å². The van der Waals surface area contributed by atoms with Crippen LogP contribution in [0.25, 0.3) is 10.1 Å². The minimum atomic E-state index is -0.627. The summed E-state index contributed by atoms with van der Waals surface area (Å²) in [5.74, 6) is -1.32. The predicted octanol–water partition coefficient (Wildman–Crippen LogP) is 3.92. The lowest BCUT2D eigenvalue weighted by Gasteiger charge is -2.18. The van der Waals surface area contributed by atoms with Crippen molar-refractivity contribution >= 4 is 39.0 Å². The third kappa shape index (κ3) is 4.48. The van der Waals surface area contributed by atoms with Gasteiger partial charge in [-0.2, -0.15) is 0 Å². The van der Waals surface area contributed by atoms with Crippen LogP contribution in [-0.2, 0) is 16.1 Å². The number of halogens is 1. The monoisotopic (exact) mass is 400 g/mol. The first kappa shape index (κ1) is 19.8. The van der Waals surface area contributed by atoms with Crippen LogP contribution in [0, 0.1) is 5.82 Å².